The second-order valence-electron chi connectivity index (χ2n) is 3.46. The van der Waals surface area contributed by atoms with Gasteiger partial charge in [0.1, 0.15) is 0 Å². The largest absolute Gasteiger partial charge is 0.322 e. The number of benzene rings is 1. The van der Waals surface area contributed by atoms with Crippen LogP contribution in [-0.4, -0.2) is 28.6 Å². The van der Waals surface area contributed by atoms with Crippen LogP contribution < -0.4 is 5.32 Å². The van der Waals surface area contributed by atoms with Gasteiger partial charge in [0, 0.05) is 18.0 Å². The highest BCUT2D eigenvalue weighted by Crippen LogP contribution is 2.23. The number of hydrogen-bond acceptors (Lipinski definition) is 2. The number of para-hydroxylation sites is 1. The summed E-state index contributed by atoms with van der Waals surface area (Å²) in [5, 5.41) is 3.17. The molecule has 4 heteroatoms. The second-order valence-corrected chi connectivity index (χ2v) is 4.88. The van der Waals surface area contributed by atoms with Gasteiger partial charge in [0.15, 0.2) is 0 Å². The molecule has 0 saturated carbocycles. The summed E-state index contributed by atoms with van der Waals surface area (Å²) in [6, 6.07) is 9.55. The molecule has 1 aliphatic heterocycles. The van der Waals surface area contributed by atoms with Crippen molar-refractivity contribution in [3.05, 3.63) is 30.3 Å². The van der Waals surface area contributed by atoms with E-state index in [0.717, 1.165) is 18.0 Å². The van der Waals surface area contributed by atoms with Crippen molar-refractivity contribution in [1.29, 1.82) is 0 Å². The number of carbonyl (C=O) groups is 1. The number of amides is 2. The van der Waals surface area contributed by atoms with Crippen molar-refractivity contribution in [2.75, 3.05) is 17.6 Å². The summed E-state index contributed by atoms with van der Waals surface area (Å²) in [5.41, 5.74) is 0.853. The number of nitrogens with zero attached hydrogens (tertiary/aromatic N) is 1. The quantitative estimate of drug-likeness (QED) is 0.792. The fourth-order valence-corrected chi connectivity index (χ4v) is 2.60. The van der Waals surface area contributed by atoms with Crippen molar-refractivity contribution < 1.29 is 4.79 Å². The molecule has 1 aliphatic rings. The number of hydrogen-bond donors (Lipinski definition) is 1. The first-order valence-corrected chi connectivity index (χ1v) is 6.06. The first kappa shape index (κ1) is 10.4. The van der Waals surface area contributed by atoms with Crippen molar-refractivity contribution in [2.45, 2.75) is 12.3 Å². The molecule has 1 atom stereocenters. The second kappa shape index (κ2) is 4.57. The van der Waals surface area contributed by atoms with E-state index in [1.807, 2.05) is 47.0 Å². The van der Waals surface area contributed by atoms with E-state index in [1.54, 1.807) is 0 Å². The summed E-state index contributed by atoms with van der Waals surface area (Å²) >= 11 is 1.81. The summed E-state index contributed by atoms with van der Waals surface area (Å²) in [6.07, 6.45) is 0. The molecule has 80 valence electrons. The molecule has 0 bridgehead atoms. The van der Waals surface area contributed by atoms with Gasteiger partial charge < -0.3 is 10.2 Å². The molecule has 15 heavy (non-hydrogen) atoms. The molecule has 1 fully saturated rings. The van der Waals surface area contributed by atoms with E-state index in [0.29, 0.717) is 0 Å². The van der Waals surface area contributed by atoms with Crippen LogP contribution in [0.1, 0.15) is 6.92 Å². The van der Waals surface area contributed by atoms with E-state index < -0.39 is 0 Å². The Hall–Kier alpha value is -1.16. The lowest BCUT2D eigenvalue weighted by Gasteiger charge is -2.20. The van der Waals surface area contributed by atoms with Gasteiger partial charge in [0.05, 0.1) is 5.37 Å². The number of thioether (sulfide) groups is 1. The van der Waals surface area contributed by atoms with Gasteiger partial charge in [0.2, 0.25) is 0 Å². The standard InChI is InChI=1S/C11H14N2OS/c1-9-13(7-8-15-9)11(14)12-10-5-3-2-4-6-10/h2-6,9H,7-8H2,1H3,(H,12,14). The lowest BCUT2D eigenvalue weighted by atomic mass is 10.3. The van der Waals surface area contributed by atoms with Gasteiger partial charge in [-0.05, 0) is 19.1 Å². The Morgan fingerprint density at radius 3 is 2.80 bits per heavy atom. The van der Waals surface area contributed by atoms with Crippen LogP contribution in [0.5, 0.6) is 0 Å². The molecule has 1 aromatic carbocycles. The summed E-state index contributed by atoms with van der Waals surface area (Å²) in [7, 11) is 0. The van der Waals surface area contributed by atoms with Gasteiger partial charge in [0.25, 0.3) is 0 Å². The molecule has 1 saturated heterocycles. The first-order chi connectivity index (χ1) is 7.27. The average molecular weight is 222 g/mol. The monoisotopic (exact) mass is 222 g/mol. The predicted octanol–water partition coefficient (Wildman–Crippen LogP) is 2.61. The maximum absolute atomic E-state index is 11.8. The molecular weight excluding hydrogens is 208 g/mol. The highest BCUT2D eigenvalue weighted by Gasteiger charge is 2.25. The van der Waals surface area contributed by atoms with Crippen LogP contribution in [0.4, 0.5) is 10.5 Å². The summed E-state index contributed by atoms with van der Waals surface area (Å²) in [4.78, 5) is 13.7. The minimum atomic E-state index is -0.00120. The zero-order chi connectivity index (χ0) is 10.7. The van der Waals surface area contributed by atoms with Gasteiger partial charge in [-0.1, -0.05) is 18.2 Å². The molecular formula is C11H14N2OS. The summed E-state index contributed by atoms with van der Waals surface area (Å²) < 4.78 is 0. The van der Waals surface area contributed by atoms with Crippen molar-refractivity contribution in [3.63, 3.8) is 0 Å². The highest BCUT2D eigenvalue weighted by molar-refractivity contribution is 8.00. The summed E-state index contributed by atoms with van der Waals surface area (Å²) in [5.74, 6) is 1.03. The van der Waals surface area contributed by atoms with Gasteiger partial charge in [-0.15, -0.1) is 11.8 Å². The minimum absolute atomic E-state index is 0.00120. The van der Waals surface area contributed by atoms with Crippen LogP contribution in [0.25, 0.3) is 0 Å². The average Bonchev–Trinajstić information content (AvgIpc) is 2.66. The van der Waals surface area contributed by atoms with Crippen molar-refractivity contribution in [2.24, 2.45) is 0 Å². The molecule has 1 unspecified atom stereocenters. The predicted molar refractivity (Wildman–Crippen MR) is 64.1 cm³/mol. The van der Waals surface area contributed by atoms with E-state index >= 15 is 0 Å². The van der Waals surface area contributed by atoms with Crippen LogP contribution in [-0.2, 0) is 0 Å². The van der Waals surface area contributed by atoms with Crippen molar-refractivity contribution in [3.8, 4) is 0 Å². The minimum Gasteiger partial charge on any atom is -0.312 e. The molecule has 1 heterocycles. The Balaban J connectivity index is 1.98. The Kier molecular flexibility index (Phi) is 3.16. The number of anilines is 1. The van der Waals surface area contributed by atoms with Crippen LogP contribution in [0, 0.1) is 0 Å². The topological polar surface area (TPSA) is 32.3 Å². The molecule has 2 rings (SSSR count). The molecule has 2 amide bonds. The van der Waals surface area contributed by atoms with Gasteiger partial charge in [-0.3, -0.25) is 0 Å². The van der Waals surface area contributed by atoms with Crippen LogP contribution in [0.3, 0.4) is 0 Å². The Morgan fingerprint density at radius 1 is 1.47 bits per heavy atom. The van der Waals surface area contributed by atoms with Crippen LogP contribution in [0.2, 0.25) is 0 Å². The fourth-order valence-electron chi connectivity index (χ4n) is 1.58. The molecule has 0 radical (unpaired) electrons. The van der Waals surface area contributed by atoms with Gasteiger partial charge in [-0.25, -0.2) is 4.79 Å². The fraction of sp³-hybridized carbons (Fsp3) is 0.364. The maximum atomic E-state index is 11.8. The zero-order valence-corrected chi connectivity index (χ0v) is 9.46. The highest BCUT2D eigenvalue weighted by atomic mass is 32.2. The van der Waals surface area contributed by atoms with E-state index in [1.165, 1.54) is 0 Å². The normalized spacial score (nSPS) is 20.3. The van der Waals surface area contributed by atoms with E-state index in [4.69, 9.17) is 0 Å². The molecule has 0 aromatic heterocycles. The third kappa shape index (κ3) is 2.45. The summed E-state index contributed by atoms with van der Waals surface area (Å²) in [6.45, 7) is 2.90. The third-order valence-electron chi connectivity index (χ3n) is 2.42. The van der Waals surface area contributed by atoms with Crippen molar-refractivity contribution in [1.82, 2.24) is 4.90 Å². The number of carbonyl (C=O) groups excluding carboxylic acids is 1. The lowest BCUT2D eigenvalue weighted by Crippen LogP contribution is -2.36. The number of nitrogens with one attached hydrogen (secondary N) is 1. The van der Waals surface area contributed by atoms with E-state index in [2.05, 4.69) is 12.2 Å². The van der Waals surface area contributed by atoms with Crippen LogP contribution in [0.15, 0.2) is 30.3 Å². The number of urea groups is 1. The Labute approximate surface area is 93.8 Å². The molecule has 0 aliphatic carbocycles. The molecule has 1 aromatic rings. The molecule has 1 N–H and O–H groups in total. The Morgan fingerprint density at radius 2 is 2.20 bits per heavy atom. The van der Waals surface area contributed by atoms with Gasteiger partial charge in [-0.2, -0.15) is 0 Å². The van der Waals surface area contributed by atoms with E-state index in [9.17, 15) is 4.79 Å². The van der Waals surface area contributed by atoms with Gasteiger partial charge >= 0.3 is 6.03 Å². The SMILES string of the molecule is CC1SCCN1C(=O)Nc1ccccc1. The Bertz CT molecular complexity index is 342. The third-order valence-corrected chi connectivity index (χ3v) is 3.57. The smallest absolute Gasteiger partial charge is 0.312 e. The lowest BCUT2D eigenvalue weighted by molar-refractivity contribution is 0.216. The molecule has 0 spiro atoms. The first-order valence-electron chi connectivity index (χ1n) is 5.01. The van der Waals surface area contributed by atoms with Crippen molar-refractivity contribution >= 4 is 23.5 Å². The maximum Gasteiger partial charge on any atom is 0.322 e. The van der Waals surface area contributed by atoms with Crippen LogP contribution >= 0.6 is 11.8 Å². The molecule has 3 nitrogen and oxygen atoms in total. The number of rotatable bonds is 1. The van der Waals surface area contributed by atoms with E-state index in [-0.39, 0.29) is 11.4 Å². The zero-order valence-electron chi connectivity index (χ0n) is 8.64.